The van der Waals surface area contributed by atoms with Gasteiger partial charge in [0.25, 0.3) is 0 Å². The number of nitrogens with one attached hydrogen (secondary N) is 1. The van der Waals surface area contributed by atoms with Gasteiger partial charge in [-0.3, -0.25) is 9.59 Å². The predicted molar refractivity (Wildman–Crippen MR) is 95.1 cm³/mol. The smallest absolute Gasteiger partial charge is 0.236 e. The summed E-state index contributed by atoms with van der Waals surface area (Å²) in [4.78, 5) is 25.2. The van der Waals surface area contributed by atoms with E-state index in [1.165, 1.54) is 6.42 Å². The molecule has 0 aromatic heterocycles. The molecule has 3 unspecified atom stereocenters. The van der Waals surface area contributed by atoms with Crippen LogP contribution in [0.1, 0.15) is 53.9 Å². The lowest BCUT2D eigenvalue weighted by atomic mass is 9.91. The fourth-order valence-corrected chi connectivity index (χ4v) is 2.34. The quantitative estimate of drug-likeness (QED) is 0.674. The molecule has 0 rings (SSSR count). The first-order valence-electron chi connectivity index (χ1n) is 8.59. The monoisotopic (exact) mass is 331 g/mol. The van der Waals surface area contributed by atoms with Gasteiger partial charge in [-0.1, -0.05) is 40.5 Å². The SMILES string of the molecule is CCC.CCNC(=O)CC(OC)C(C(C)CC)N(C)C(=O)CN. The molecule has 3 N–H and O–H groups in total. The summed E-state index contributed by atoms with van der Waals surface area (Å²) in [7, 11) is 3.29. The first kappa shape index (κ1) is 24.1. The Morgan fingerprint density at radius 3 is 2.09 bits per heavy atom. The van der Waals surface area contributed by atoms with Gasteiger partial charge >= 0.3 is 0 Å². The van der Waals surface area contributed by atoms with Crippen LogP contribution in [0.3, 0.4) is 0 Å². The highest BCUT2D eigenvalue weighted by Crippen LogP contribution is 2.21. The van der Waals surface area contributed by atoms with Crippen LogP contribution in [-0.4, -0.2) is 56.1 Å². The Kier molecular flexibility index (Phi) is 15.2. The standard InChI is InChI=1S/C14H29N3O3.C3H8/c1-6-10(3)14(17(4)13(19)9-15)11(20-5)8-12(18)16-7-2;1-3-2/h10-11,14H,6-9,15H2,1-5H3,(H,16,18);3H2,1-2H3. The first-order valence-corrected chi connectivity index (χ1v) is 8.59. The summed E-state index contributed by atoms with van der Waals surface area (Å²) in [5.74, 6) is 0.00405. The maximum absolute atomic E-state index is 11.9. The largest absolute Gasteiger partial charge is 0.379 e. The zero-order chi connectivity index (χ0) is 18.4. The van der Waals surface area contributed by atoms with E-state index in [0.29, 0.717) is 6.54 Å². The summed E-state index contributed by atoms with van der Waals surface area (Å²) in [5, 5.41) is 2.76. The van der Waals surface area contributed by atoms with Gasteiger partial charge in [-0.05, 0) is 12.8 Å². The van der Waals surface area contributed by atoms with Crippen molar-refractivity contribution in [3.05, 3.63) is 0 Å². The van der Waals surface area contributed by atoms with Crippen molar-refractivity contribution in [2.45, 2.75) is 66.0 Å². The average Bonchev–Trinajstić information content (AvgIpc) is 2.53. The fourth-order valence-electron chi connectivity index (χ4n) is 2.34. The van der Waals surface area contributed by atoms with Gasteiger partial charge in [-0.2, -0.15) is 0 Å². The lowest BCUT2D eigenvalue weighted by molar-refractivity contribution is -0.137. The number of ether oxygens (including phenoxy) is 1. The van der Waals surface area contributed by atoms with Crippen LogP contribution in [0.4, 0.5) is 0 Å². The number of hydrogen-bond donors (Lipinski definition) is 2. The number of rotatable bonds is 9. The van der Waals surface area contributed by atoms with Crippen LogP contribution in [0.25, 0.3) is 0 Å². The molecule has 0 saturated heterocycles. The highest BCUT2D eigenvalue weighted by Gasteiger charge is 2.33. The van der Waals surface area contributed by atoms with Crippen molar-refractivity contribution in [1.82, 2.24) is 10.2 Å². The van der Waals surface area contributed by atoms with E-state index >= 15 is 0 Å². The van der Waals surface area contributed by atoms with E-state index in [9.17, 15) is 9.59 Å². The topological polar surface area (TPSA) is 84.7 Å². The summed E-state index contributed by atoms with van der Waals surface area (Å²) in [6.07, 6.45) is 2.04. The van der Waals surface area contributed by atoms with Crippen LogP contribution in [-0.2, 0) is 14.3 Å². The van der Waals surface area contributed by atoms with E-state index in [1.807, 2.05) is 6.92 Å². The third kappa shape index (κ3) is 9.56. The molecule has 0 aromatic rings. The molecule has 0 aliphatic heterocycles. The normalized spacial score (nSPS) is 14.1. The Bertz CT molecular complexity index is 324. The molecule has 0 saturated carbocycles. The molecule has 3 atom stereocenters. The maximum atomic E-state index is 11.9. The number of nitrogens with zero attached hydrogens (tertiary/aromatic N) is 1. The Labute approximate surface area is 142 Å². The van der Waals surface area contributed by atoms with Crippen molar-refractivity contribution in [2.75, 3.05) is 27.2 Å². The Balaban J connectivity index is 0. The fraction of sp³-hybridized carbons (Fsp3) is 0.882. The predicted octanol–water partition coefficient (Wildman–Crippen LogP) is 1.78. The number of amides is 2. The highest BCUT2D eigenvalue weighted by atomic mass is 16.5. The third-order valence-corrected chi connectivity index (χ3v) is 3.69. The van der Waals surface area contributed by atoms with Crippen molar-refractivity contribution in [3.63, 3.8) is 0 Å². The van der Waals surface area contributed by atoms with Gasteiger partial charge in [0.1, 0.15) is 0 Å². The van der Waals surface area contributed by atoms with E-state index in [4.69, 9.17) is 10.5 Å². The Morgan fingerprint density at radius 1 is 1.22 bits per heavy atom. The molecule has 2 amide bonds. The van der Waals surface area contributed by atoms with Crippen LogP contribution < -0.4 is 11.1 Å². The van der Waals surface area contributed by atoms with Gasteiger partial charge in [-0.15, -0.1) is 0 Å². The molecule has 0 aromatic carbocycles. The molecular formula is C17H37N3O3. The molecule has 23 heavy (non-hydrogen) atoms. The average molecular weight is 332 g/mol. The second-order valence-corrected chi connectivity index (χ2v) is 5.72. The molecule has 0 bridgehead atoms. The third-order valence-electron chi connectivity index (χ3n) is 3.69. The second kappa shape index (κ2) is 14.5. The van der Waals surface area contributed by atoms with Crippen LogP contribution in [0.5, 0.6) is 0 Å². The molecule has 0 aliphatic carbocycles. The van der Waals surface area contributed by atoms with E-state index in [0.717, 1.165) is 6.42 Å². The van der Waals surface area contributed by atoms with E-state index in [2.05, 4.69) is 33.0 Å². The van der Waals surface area contributed by atoms with E-state index < -0.39 is 0 Å². The van der Waals surface area contributed by atoms with Crippen molar-refractivity contribution < 1.29 is 14.3 Å². The summed E-state index contributed by atoms with van der Waals surface area (Å²) < 4.78 is 5.47. The van der Waals surface area contributed by atoms with Gasteiger partial charge in [0.2, 0.25) is 11.8 Å². The number of methoxy groups -OCH3 is 1. The van der Waals surface area contributed by atoms with Gasteiger partial charge in [0.05, 0.1) is 25.1 Å². The lowest BCUT2D eigenvalue weighted by Gasteiger charge is -2.37. The second-order valence-electron chi connectivity index (χ2n) is 5.72. The van der Waals surface area contributed by atoms with Crippen molar-refractivity contribution in [2.24, 2.45) is 11.7 Å². The summed E-state index contributed by atoms with van der Waals surface area (Å²) in [5.41, 5.74) is 5.43. The Hall–Kier alpha value is -1.14. The molecule has 0 aliphatic rings. The number of carbonyl (C=O) groups excluding carboxylic acids is 2. The maximum Gasteiger partial charge on any atom is 0.236 e. The molecule has 138 valence electrons. The van der Waals surface area contributed by atoms with Crippen LogP contribution >= 0.6 is 0 Å². The Morgan fingerprint density at radius 2 is 1.74 bits per heavy atom. The highest BCUT2D eigenvalue weighted by molar-refractivity contribution is 5.79. The van der Waals surface area contributed by atoms with Gasteiger partial charge < -0.3 is 20.7 Å². The molecule has 0 spiro atoms. The molecule has 0 radical (unpaired) electrons. The van der Waals surface area contributed by atoms with Gasteiger partial charge in [0.15, 0.2) is 0 Å². The minimum atomic E-state index is -0.336. The number of likely N-dealkylation sites (N-methyl/N-ethyl adjacent to an activating group) is 1. The molecule has 6 nitrogen and oxygen atoms in total. The lowest BCUT2D eigenvalue weighted by Crippen LogP contribution is -2.52. The summed E-state index contributed by atoms with van der Waals surface area (Å²) >= 11 is 0. The number of carbonyl (C=O) groups is 2. The van der Waals surface area contributed by atoms with Crippen LogP contribution in [0.15, 0.2) is 0 Å². The molecule has 6 heteroatoms. The number of nitrogens with two attached hydrogens (primary N) is 1. The molecular weight excluding hydrogens is 294 g/mol. The minimum Gasteiger partial charge on any atom is -0.379 e. The van der Waals surface area contributed by atoms with Crippen molar-refractivity contribution in [3.8, 4) is 0 Å². The minimum absolute atomic E-state index is 0.0406. The van der Waals surface area contributed by atoms with Crippen LogP contribution in [0.2, 0.25) is 0 Å². The molecule has 0 fully saturated rings. The molecule has 0 heterocycles. The first-order chi connectivity index (χ1) is 10.8. The zero-order valence-corrected chi connectivity index (χ0v) is 16.0. The van der Waals surface area contributed by atoms with Crippen molar-refractivity contribution in [1.29, 1.82) is 0 Å². The van der Waals surface area contributed by atoms with Crippen LogP contribution in [0, 0.1) is 5.92 Å². The van der Waals surface area contributed by atoms with Crippen molar-refractivity contribution >= 4 is 11.8 Å². The van der Waals surface area contributed by atoms with Gasteiger partial charge in [-0.25, -0.2) is 0 Å². The van der Waals surface area contributed by atoms with E-state index in [-0.39, 0.29) is 42.8 Å². The zero-order valence-electron chi connectivity index (χ0n) is 16.0. The summed E-state index contributed by atoms with van der Waals surface area (Å²) in [6, 6.07) is -0.163. The van der Waals surface area contributed by atoms with E-state index in [1.54, 1.807) is 19.1 Å². The van der Waals surface area contributed by atoms with Gasteiger partial charge in [0, 0.05) is 20.7 Å². The summed E-state index contributed by atoms with van der Waals surface area (Å²) in [6.45, 7) is 10.8. The number of hydrogen-bond acceptors (Lipinski definition) is 4.